The molecule has 0 amide bonds. The van der Waals surface area contributed by atoms with Crippen LogP contribution in [0.15, 0.2) is 10.3 Å². The number of rotatable bonds is 5. The smallest absolute Gasteiger partial charge is 0.304 e. The summed E-state index contributed by atoms with van der Waals surface area (Å²) < 4.78 is 31.0. The van der Waals surface area contributed by atoms with Crippen LogP contribution < -0.4 is 5.73 Å². The lowest BCUT2D eigenvalue weighted by Gasteiger charge is -2.14. The minimum absolute atomic E-state index is 0.0835. The highest BCUT2D eigenvalue weighted by atomic mass is 32.2. The Balaban J connectivity index is 2.23. The minimum Gasteiger partial charge on any atom is -0.385 e. The van der Waals surface area contributed by atoms with Crippen molar-refractivity contribution in [1.29, 1.82) is 0 Å². The number of nitro groups is 1. The summed E-state index contributed by atoms with van der Waals surface area (Å²) in [6, 6.07) is 1.03. The maximum absolute atomic E-state index is 12.4. The Kier molecular flexibility index (Phi) is 4.28. The highest BCUT2D eigenvalue weighted by Crippen LogP contribution is 2.37. The van der Waals surface area contributed by atoms with Crippen molar-refractivity contribution in [3.05, 3.63) is 16.2 Å². The SMILES string of the molecule is COCC1CCN(S(=O)(=O)c2cc([N+](=O)[O-])c(N)s2)C1. The van der Waals surface area contributed by atoms with Crippen LogP contribution in [-0.4, -0.2) is 44.5 Å². The van der Waals surface area contributed by atoms with Crippen molar-refractivity contribution >= 4 is 32.0 Å². The van der Waals surface area contributed by atoms with Gasteiger partial charge >= 0.3 is 5.69 Å². The second kappa shape index (κ2) is 5.64. The summed E-state index contributed by atoms with van der Waals surface area (Å²) in [5, 5.41) is 10.6. The number of nitrogen functional groups attached to an aromatic ring is 1. The van der Waals surface area contributed by atoms with Crippen LogP contribution in [-0.2, 0) is 14.8 Å². The zero-order valence-corrected chi connectivity index (χ0v) is 12.4. The van der Waals surface area contributed by atoms with E-state index in [0.717, 1.165) is 23.8 Å². The molecule has 2 heterocycles. The predicted octanol–water partition coefficient (Wildman–Crippen LogP) is 0.896. The third-order valence-corrected chi connectivity index (χ3v) is 6.43. The Hall–Kier alpha value is -1.23. The molecule has 0 aliphatic carbocycles. The lowest BCUT2D eigenvalue weighted by molar-refractivity contribution is -0.383. The zero-order chi connectivity index (χ0) is 14.9. The Morgan fingerprint density at radius 1 is 1.65 bits per heavy atom. The van der Waals surface area contributed by atoms with Crippen molar-refractivity contribution in [2.24, 2.45) is 5.92 Å². The summed E-state index contributed by atoms with van der Waals surface area (Å²) in [6.07, 6.45) is 0.718. The molecule has 1 unspecified atom stereocenters. The summed E-state index contributed by atoms with van der Waals surface area (Å²) in [7, 11) is -2.14. The highest BCUT2D eigenvalue weighted by molar-refractivity contribution is 7.91. The van der Waals surface area contributed by atoms with E-state index in [1.165, 1.54) is 4.31 Å². The molecule has 0 radical (unpaired) electrons. The van der Waals surface area contributed by atoms with Crippen LogP contribution in [0.25, 0.3) is 0 Å². The van der Waals surface area contributed by atoms with Gasteiger partial charge in [-0.05, 0) is 12.3 Å². The van der Waals surface area contributed by atoms with Crippen LogP contribution in [0.5, 0.6) is 0 Å². The van der Waals surface area contributed by atoms with Gasteiger partial charge in [0.2, 0.25) is 0 Å². The molecular weight excluding hydrogens is 306 g/mol. The lowest BCUT2D eigenvalue weighted by atomic mass is 10.1. The van der Waals surface area contributed by atoms with Gasteiger partial charge in [0.05, 0.1) is 11.5 Å². The van der Waals surface area contributed by atoms with Crippen molar-refractivity contribution in [2.45, 2.75) is 10.6 Å². The Labute approximate surface area is 120 Å². The van der Waals surface area contributed by atoms with Gasteiger partial charge < -0.3 is 10.5 Å². The number of ether oxygens (including phenoxy) is 1. The highest BCUT2D eigenvalue weighted by Gasteiger charge is 2.35. The Morgan fingerprint density at radius 2 is 2.35 bits per heavy atom. The van der Waals surface area contributed by atoms with E-state index < -0.39 is 14.9 Å². The normalized spacial score (nSPS) is 20.4. The molecule has 0 saturated carbocycles. The van der Waals surface area contributed by atoms with Crippen molar-refractivity contribution in [2.75, 3.05) is 32.5 Å². The standard InChI is InChI=1S/C10H15N3O5S2/c1-18-6-7-2-3-12(5-7)20(16,17)9-4-8(13(14)15)10(11)19-9/h4,7H,2-3,5-6,11H2,1H3. The van der Waals surface area contributed by atoms with E-state index in [9.17, 15) is 18.5 Å². The number of nitrogens with zero attached hydrogens (tertiary/aromatic N) is 2. The first-order valence-electron chi connectivity index (χ1n) is 5.89. The van der Waals surface area contributed by atoms with Crippen LogP contribution >= 0.6 is 11.3 Å². The van der Waals surface area contributed by atoms with Gasteiger partial charge in [0.1, 0.15) is 4.21 Å². The molecule has 0 spiro atoms. The van der Waals surface area contributed by atoms with Crippen molar-refractivity contribution < 1.29 is 18.1 Å². The fourth-order valence-corrected chi connectivity index (χ4v) is 5.06. The first-order valence-corrected chi connectivity index (χ1v) is 8.14. The third kappa shape index (κ3) is 2.77. The van der Waals surface area contributed by atoms with E-state index in [2.05, 4.69) is 0 Å². The fourth-order valence-electron chi connectivity index (χ4n) is 2.16. The number of thiophene rings is 1. The van der Waals surface area contributed by atoms with Crippen LogP contribution in [0.4, 0.5) is 10.7 Å². The lowest BCUT2D eigenvalue weighted by Crippen LogP contribution is -2.28. The second-order valence-corrected chi connectivity index (χ2v) is 7.79. The van der Waals surface area contributed by atoms with Gasteiger partial charge in [-0.25, -0.2) is 8.42 Å². The average molecular weight is 321 g/mol. The van der Waals surface area contributed by atoms with Gasteiger partial charge in [0, 0.05) is 26.3 Å². The number of hydrogen-bond donors (Lipinski definition) is 1. The van der Waals surface area contributed by atoms with E-state index in [4.69, 9.17) is 10.5 Å². The van der Waals surface area contributed by atoms with Crippen LogP contribution in [0.2, 0.25) is 0 Å². The average Bonchev–Trinajstić information content (AvgIpc) is 2.96. The molecule has 0 bridgehead atoms. The molecule has 2 N–H and O–H groups in total. The fraction of sp³-hybridized carbons (Fsp3) is 0.600. The largest absolute Gasteiger partial charge is 0.385 e. The van der Waals surface area contributed by atoms with E-state index >= 15 is 0 Å². The van der Waals surface area contributed by atoms with Crippen molar-refractivity contribution in [3.8, 4) is 0 Å². The number of hydrogen-bond acceptors (Lipinski definition) is 7. The molecule has 1 aromatic rings. The molecule has 1 fully saturated rings. The van der Waals surface area contributed by atoms with Gasteiger partial charge in [0.15, 0.2) is 5.00 Å². The third-order valence-electron chi connectivity index (χ3n) is 3.16. The van der Waals surface area contributed by atoms with Gasteiger partial charge in [-0.15, -0.1) is 0 Å². The predicted molar refractivity (Wildman–Crippen MR) is 74.1 cm³/mol. The quantitative estimate of drug-likeness (QED) is 0.636. The molecule has 20 heavy (non-hydrogen) atoms. The summed E-state index contributed by atoms with van der Waals surface area (Å²) in [4.78, 5) is 10.0. The van der Waals surface area contributed by atoms with Gasteiger partial charge in [-0.1, -0.05) is 11.3 Å². The minimum atomic E-state index is -3.71. The maximum Gasteiger partial charge on any atom is 0.304 e. The number of methoxy groups -OCH3 is 1. The first-order chi connectivity index (χ1) is 9.36. The summed E-state index contributed by atoms with van der Waals surface area (Å²) >= 11 is 0.726. The number of nitrogens with two attached hydrogens (primary N) is 1. The Bertz CT molecular complexity index is 612. The maximum atomic E-state index is 12.4. The van der Waals surface area contributed by atoms with E-state index in [1.54, 1.807) is 7.11 Å². The van der Waals surface area contributed by atoms with E-state index in [-0.39, 0.29) is 20.8 Å². The van der Waals surface area contributed by atoms with E-state index in [0.29, 0.717) is 19.7 Å². The monoisotopic (exact) mass is 321 g/mol. The Morgan fingerprint density at radius 3 is 2.90 bits per heavy atom. The van der Waals surface area contributed by atoms with Gasteiger partial charge in [-0.2, -0.15) is 4.31 Å². The molecule has 2 rings (SSSR count). The topological polar surface area (TPSA) is 116 Å². The molecule has 1 aliphatic heterocycles. The molecular formula is C10H15N3O5S2. The molecule has 112 valence electrons. The van der Waals surface area contributed by atoms with Gasteiger partial charge in [-0.3, -0.25) is 10.1 Å². The zero-order valence-electron chi connectivity index (χ0n) is 10.8. The molecule has 1 atom stereocenters. The van der Waals surface area contributed by atoms with E-state index in [1.807, 2.05) is 0 Å². The summed E-state index contributed by atoms with van der Waals surface area (Å²) in [5.41, 5.74) is 5.13. The molecule has 0 aromatic carbocycles. The van der Waals surface area contributed by atoms with Crippen LogP contribution in [0.1, 0.15) is 6.42 Å². The van der Waals surface area contributed by atoms with Crippen LogP contribution in [0.3, 0.4) is 0 Å². The molecule has 1 aromatic heterocycles. The number of sulfonamides is 1. The first kappa shape index (κ1) is 15.2. The van der Waals surface area contributed by atoms with Gasteiger partial charge in [0.25, 0.3) is 10.0 Å². The molecule has 1 saturated heterocycles. The molecule has 10 heteroatoms. The van der Waals surface area contributed by atoms with Crippen LogP contribution in [0, 0.1) is 16.0 Å². The second-order valence-electron chi connectivity index (χ2n) is 4.55. The summed E-state index contributed by atoms with van der Waals surface area (Å²) in [6.45, 7) is 1.25. The molecule has 8 nitrogen and oxygen atoms in total. The van der Waals surface area contributed by atoms with Crippen molar-refractivity contribution in [1.82, 2.24) is 4.31 Å². The van der Waals surface area contributed by atoms with Crippen molar-refractivity contribution in [3.63, 3.8) is 0 Å². The molecule has 1 aliphatic rings. The number of anilines is 1. The summed E-state index contributed by atoms with van der Waals surface area (Å²) in [5.74, 6) is 0.155.